The Bertz CT molecular complexity index is 687. The lowest BCUT2D eigenvalue weighted by molar-refractivity contribution is 0.0695. The summed E-state index contributed by atoms with van der Waals surface area (Å²) in [4.78, 5) is 16.0. The van der Waals surface area contributed by atoms with E-state index in [9.17, 15) is 9.90 Å². The van der Waals surface area contributed by atoms with Crippen molar-refractivity contribution in [2.24, 2.45) is 0 Å². The van der Waals surface area contributed by atoms with Crippen LogP contribution < -0.4 is 4.74 Å². The minimum atomic E-state index is -0.975. The Labute approximate surface area is 128 Å². The largest absolute Gasteiger partial charge is 0.487 e. The van der Waals surface area contributed by atoms with Gasteiger partial charge in [0.1, 0.15) is 0 Å². The molecule has 0 amide bonds. The molecule has 0 spiro atoms. The molecule has 22 heavy (non-hydrogen) atoms. The second-order valence-electron chi connectivity index (χ2n) is 5.85. The zero-order valence-corrected chi connectivity index (χ0v) is 12.8. The van der Waals surface area contributed by atoms with Crippen molar-refractivity contribution in [3.8, 4) is 5.75 Å². The number of pyridine rings is 1. The van der Waals surface area contributed by atoms with E-state index < -0.39 is 5.97 Å². The van der Waals surface area contributed by atoms with Crippen LogP contribution in [0.1, 0.15) is 48.7 Å². The molecule has 0 aliphatic carbocycles. The summed E-state index contributed by atoms with van der Waals surface area (Å²) in [7, 11) is 0. The van der Waals surface area contributed by atoms with E-state index in [1.54, 1.807) is 16.7 Å². The first-order valence-electron chi connectivity index (χ1n) is 7.55. The summed E-state index contributed by atoms with van der Waals surface area (Å²) in [6, 6.07) is 1.54. The molecule has 3 rings (SSSR count). The number of ether oxygens (including phenoxy) is 2. The lowest BCUT2D eigenvalue weighted by Crippen LogP contribution is -2.14. The highest BCUT2D eigenvalue weighted by atomic mass is 16.5. The maximum atomic E-state index is 11.3. The van der Waals surface area contributed by atoms with Gasteiger partial charge in [0.2, 0.25) is 0 Å². The minimum absolute atomic E-state index is 0.0453. The SMILES string of the molecule is CC(C)Oc1cc(C(=O)O)cn2cc(C3CCOCC3)nc12. The molecular formula is C16H20N2O4. The van der Waals surface area contributed by atoms with Crippen LogP contribution in [0, 0.1) is 0 Å². The van der Waals surface area contributed by atoms with Crippen LogP contribution in [0.15, 0.2) is 18.5 Å². The molecule has 0 atom stereocenters. The van der Waals surface area contributed by atoms with Gasteiger partial charge in [-0.05, 0) is 26.7 Å². The van der Waals surface area contributed by atoms with Crippen LogP contribution in [0.3, 0.4) is 0 Å². The molecule has 1 saturated heterocycles. The Hall–Kier alpha value is -2.08. The van der Waals surface area contributed by atoms with Crippen LogP contribution in [0.5, 0.6) is 5.75 Å². The van der Waals surface area contributed by atoms with Crippen LogP contribution in [0.4, 0.5) is 0 Å². The monoisotopic (exact) mass is 304 g/mol. The van der Waals surface area contributed by atoms with Crippen molar-refractivity contribution in [2.75, 3.05) is 13.2 Å². The number of carbonyl (C=O) groups is 1. The third-order valence-electron chi connectivity index (χ3n) is 3.79. The van der Waals surface area contributed by atoms with Gasteiger partial charge in [-0.2, -0.15) is 0 Å². The number of hydrogen-bond donors (Lipinski definition) is 1. The lowest BCUT2D eigenvalue weighted by atomic mass is 9.97. The normalized spacial score (nSPS) is 16.3. The summed E-state index contributed by atoms with van der Waals surface area (Å²) in [5.41, 5.74) is 1.83. The summed E-state index contributed by atoms with van der Waals surface area (Å²) in [6.07, 6.45) is 5.33. The molecule has 6 heteroatoms. The molecule has 1 fully saturated rings. The molecule has 6 nitrogen and oxygen atoms in total. The highest BCUT2D eigenvalue weighted by Gasteiger charge is 2.21. The van der Waals surface area contributed by atoms with Crippen LogP contribution in [-0.4, -0.2) is 39.8 Å². The molecule has 2 aromatic heterocycles. The van der Waals surface area contributed by atoms with Gasteiger partial charge in [0, 0.05) is 37.6 Å². The Morgan fingerprint density at radius 2 is 2.14 bits per heavy atom. The number of imidazole rings is 1. The predicted molar refractivity (Wildman–Crippen MR) is 80.7 cm³/mol. The highest BCUT2D eigenvalue weighted by Crippen LogP contribution is 2.29. The number of carboxylic acid groups (broad SMARTS) is 1. The second-order valence-corrected chi connectivity index (χ2v) is 5.85. The number of nitrogens with zero attached hydrogens (tertiary/aromatic N) is 2. The Morgan fingerprint density at radius 3 is 2.77 bits per heavy atom. The molecule has 0 radical (unpaired) electrons. The third kappa shape index (κ3) is 2.92. The van der Waals surface area contributed by atoms with Crippen molar-refractivity contribution < 1.29 is 19.4 Å². The third-order valence-corrected chi connectivity index (χ3v) is 3.79. The molecule has 1 N–H and O–H groups in total. The van der Waals surface area contributed by atoms with Crippen molar-refractivity contribution in [1.82, 2.24) is 9.38 Å². The molecule has 0 bridgehead atoms. The molecule has 0 saturated carbocycles. The summed E-state index contributed by atoms with van der Waals surface area (Å²) in [5, 5.41) is 9.25. The van der Waals surface area contributed by atoms with Crippen molar-refractivity contribution in [1.29, 1.82) is 0 Å². The van der Waals surface area contributed by atoms with E-state index in [4.69, 9.17) is 9.47 Å². The van der Waals surface area contributed by atoms with E-state index in [1.807, 2.05) is 20.0 Å². The zero-order chi connectivity index (χ0) is 15.7. The standard InChI is InChI=1S/C16H20N2O4/c1-10(2)22-14-7-12(16(19)20)8-18-9-13(17-15(14)18)11-3-5-21-6-4-11/h7-11H,3-6H2,1-2H3,(H,19,20). The summed E-state index contributed by atoms with van der Waals surface area (Å²) in [5.74, 6) is -0.112. The van der Waals surface area contributed by atoms with Gasteiger partial charge in [-0.3, -0.25) is 0 Å². The fraction of sp³-hybridized carbons (Fsp3) is 0.500. The van der Waals surface area contributed by atoms with Crippen LogP contribution in [0.25, 0.3) is 5.65 Å². The topological polar surface area (TPSA) is 73.1 Å². The van der Waals surface area contributed by atoms with E-state index in [0.717, 1.165) is 31.7 Å². The van der Waals surface area contributed by atoms with E-state index in [0.29, 0.717) is 17.3 Å². The summed E-state index contributed by atoms with van der Waals surface area (Å²) < 4.78 is 12.9. The molecule has 0 unspecified atom stereocenters. The number of carboxylic acids is 1. The van der Waals surface area contributed by atoms with Gasteiger partial charge in [-0.1, -0.05) is 0 Å². The Kier molecular flexibility index (Phi) is 4.02. The molecule has 3 heterocycles. The first-order chi connectivity index (χ1) is 10.5. The average Bonchev–Trinajstić information content (AvgIpc) is 2.92. The van der Waals surface area contributed by atoms with Crippen LogP contribution in [-0.2, 0) is 4.74 Å². The van der Waals surface area contributed by atoms with E-state index in [1.165, 1.54) is 0 Å². The van der Waals surface area contributed by atoms with Crippen molar-refractivity contribution in [3.05, 3.63) is 29.7 Å². The summed E-state index contributed by atoms with van der Waals surface area (Å²) in [6.45, 7) is 5.31. The molecule has 1 aliphatic heterocycles. The second kappa shape index (κ2) is 5.96. The fourth-order valence-corrected chi connectivity index (χ4v) is 2.73. The summed E-state index contributed by atoms with van der Waals surface area (Å²) >= 11 is 0. The van der Waals surface area contributed by atoms with Crippen molar-refractivity contribution >= 4 is 11.6 Å². The first kappa shape index (κ1) is 14.8. The highest BCUT2D eigenvalue weighted by molar-refractivity contribution is 5.88. The molecule has 2 aromatic rings. The van der Waals surface area contributed by atoms with E-state index in [-0.39, 0.29) is 11.7 Å². The molecule has 118 valence electrons. The van der Waals surface area contributed by atoms with Crippen LogP contribution in [0.2, 0.25) is 0 Å². The Morgan fingerprint density at radius 1 is 1.41 bits per heavy atom. The average molecular weight is 304 g/mol. The van der Waals surface area contributed by atoms with Crippen molar-refractivity contribution in [3.63, 3.8) is 0 Å². The van der Waals surface area contributed by atoms with E-state index >= 15 is 0 Å². The molecular weight excluding hydrogens is 284 g/mol. The van der Waals surface area contributed by atoms with Crippen LogP contribution >= 0.6 is 0 Å². The number of aromatic nitrogens is 2. The number of hydrogen-bond acceptors (Lipinski definition) is 4. The quantitative estimate of drug-likeness (QED) is 0.940. The Balaban J connectivity index is 2.05. The van der Waals surface area contributed by atoms with Gasteiger partial charge in [0.05, 0.1) is 17.4 Å². The van der Waals surface area contributed by atoms with Gasteiger partial charge in [0.25, 0.3) is 0 Å². The fourth-order valence-electron chi connectivity index (χ4n) is 2.73. The number of rotatable bonds is 4. The lowest BCUT2D eigenvalue weighted by Gasteiger charge is -2.19. The molecule has 1 aliphatic rings. The molecule has 0 aromatic carbocycles. The minimum Gasteiger partial charge on any atom is -0.487 e. The van der Waals surface area contributed by atoms with Gasteiger partial charge < -0.3 is 19.0 Å². The predicted octanol–water partition coefficient (Wildman–Crippen LogP) is 2.71. The van der Waals surface area contributed by atoms with Gasteiger partial charge >= 0.3 is 5.97 Å². The smallest absolute Gasteiger partial charge is 0.337 e. The van der Waals surface area contributed by atoms with Crippen molar-refractivity contribution in [2.45, 2.75) is 38.7 Å². The maximum absolute atomic E-state index is 11.3. The van der Waals surface area contributed by atoms with Gasteiger partial charge in [-0.15, -0.1) is 0 Å². The van der Waals surface area contributed by atoms with Gasteiger partial charge in [-0.25, -0.2) is 9.78 Å². The zero-order valence-electron chi connectivity index (χ0n) is 12.8. The number of aromatic carboxylic acids is 1. The first-order valence-corrected chi connectivity index (χ1v) is 7.55. The van der Waals surface area contributed by atoms with Gasteiger partial charge in [0.15, 0.2) is 11.4 Å². The number of fused-ring (bicyclic) bond motifs is 1. The maximum Gasteiger partial charge on any atom is 0.337 e. The van der Waals surface area contributed by atoms with E-state index in [2.05, 4.69) is 4.98 Å².